The van der Waals surface area contributed by atoms with Crippen LogP contribution < -0.4 is 4.90 Å². The van der Waals surface area contributed by atoms with Crippen molar-refractivity contribution in [3.63, 3.8) is 0 Å². The molecule has 11 rings (SSSR count). The molecule has 0 fully saturated rings. The van der Waals surface area contributed by atoms with E-state index in [2.05, 4.69) is 206 Å². The largest absolute Gasteiger partial charge is 0.454 e. The number of rotatable bonds is 5. The second-order valence-electron chi connectivity index (χ2n) is 14.6. The molecule has 54 heavy (non-hydrogen) atoms. The zero-order valence-corrected chi connectivity index (χ0v) is 29.8. The third-order valence-electron chi connectivity index (χ3n) is 11.7. The SMILES string of the molecule is CC1(c2cccc3c2oc2c(N(c4ccc(-c5ccccc5)cc4)c4cc5ccccc5c5ccccc45)cccc23)c2ccccc2-c2ccccc21. The molecule has 0 N–H and O–H groups in total. The van der Waals surface area contributed by atoms with Crippen molar-refractivity contribution in [2.75, 3.05) is 4.90 Å². The molecule has 1 aliphatic rings. The van der Waals surface area contributed by atoms with Crippen molar-refractivity contribution < 1.29 is 4.42 Å². The van der Waals surface area contributed by atoms with Gasteiger partial charge in [0.25, 0.3) is 0 Å². The highest BCUT2D eigenvalue weighted by atomic mass is 16.3. The summed E-state index contributed by atoms with van der Waals surface area (Å²) in [5.74, 6) is 0. The first kappa shape index (κ1) is 30.7. The number of hydrogen-bond acceptors (Lipinski definition) is 2. The van der Waals surface area contributed by atoms with Crippen LogP contribution in [0, 0.1) is 0 Å². The van der Waals surface area contributed by atoms with Crippen LogP contribution in [0.25, 0.3) is 65.7 Å². The summed E-state index contributed by atoms with van der Waals surface area (Å²) in [5, 5.41) is 7.07. The summed E-state index contributed by atoms with van der Waals surface area (Å²) in [5.41, 5.74) is 13.3. The maximum Gasteiger partial charge on any atom is 0.159 e. The van der Waals surface area contributed by atoms with Crippen molar-refractivity contribution in [3.8, 4) is 22.3 Å². The van der Waals surface area contributed by atoms with Crippen LogP contribution in [-0.2, 0) is 5.41 Å². The highest BCUT2D eigenvalue weighted by molar-refractivity contribution is 6.17. The van der Waals surface area contributed by atoms with Crippen LogP contribution in [0.3, 0.4) is 0 Å². The Kier molecular flexibility index (Phi) is 6.72. The van der Waals surface area contributed by atoms with Gasteiger partial charge in [0.05, 0.1) is 11.4 Å². The Morgan fingerprint density at radius 2 is 0.926 bits per heavy atom. The number of anilines is 3. The molecule has 0 amide bonds. The van der Waals surface area contributed by atoms with Gasteiger partial charge in [0.15, 0.2) is 5.58 Å². The van der Waals surface area contributed by atoms with E-state index in [0.29, 0.717) is 0 Å². The molecule has 0 atom stereocenters. The Bertz CT molecular complexity index is 3020. The van der Waals surface area contributed by atoms with Crippen molar-refractivity contribution in [3.05, 3.63) is 211 Å². The molecule has 2 heteroatoms. The van der Waals surface area contributed by atoms with Gasteiger partial charge in [-0.3, -0.25) is 0 Å². The van der Waals surface area contributed by atoms with Gasteiger partial charge in [-0.25, -0.2) is 0 Å². The van der Waals surface area contributed by atoms with E-state index >= 15 is 0 Å². The van der Waals surface area contributed by atoms with E-state index in [1.165, 1.54) is 60.5 Å². The Morgan fingerprint density at radius 3 is 1.67 bits per heavy atom. The summed E-state index contributed by atoms with van der Waals surface area (Å²) in [7, 11) is 0. The summed E-state index contributed by atoms with van der Waals surface area (Å²) in [6, 6.07) is 70.3. The topological polar surface area (TPSA) is 16.4 Å². The minimum Gasteiger partial charge on any atom is -0.454 e. The number of fused-ring (bicyclic) bond motifs is 9. The molecule has 0 aliphatic heterocycles. The van der Waals surface area contributed by atoms with Crippen LogP contribution >= 0.6 is 0 Å². The minimum atomic E-state index is -0.387. The highest BCUT2D eigenvalue weighted by Gasteiger charge is 2.42. The van der Waals surface area contributed by atoms with E-state index in [-0.39, 0.29) is 5.41 Å². The maximum absolute atomic E-state index is 7.30. The predicted octanol–water partition coefficient (Wildman–Crippen LogP) is 14.4. The second-order valence-corrected chi connectivity index (χ2v) is 14.6. The maximum atomic E-state index is 7.30. The van der Waals surface area contributed by atoms with E-state index < -0.39 is 0 Å². The number of nitrogens with zero attached hydrogens (tertiary/aromatic N) is 1. The van der Waals surface area contributed by atoms with Gasteiger partial charge in [-0.2, -0.15) is 0 Å². The molecule has 0 radical (unpaired) electrons. The second kappa shape index (κ2) is 11.8. The van der Waals surface area contributed by atoms with Crippen LogP contribution in [0.4, 0.5) is 17.1 Å². The molecular formula is C52H35NO. The van der Waals surface area contributed by atoms with Crippen LogP contribution in [0.5, 0.6) is 0 Å². The lowest BCUT2D eigenvalue weighted by Gasteiger charge is -2.28. The molecule has 0 unspecified atom stereocenters. The number of benzene rings is 9. The summed E-state index contributed by atoms with van der Waals surface area (Å²) >= 11 is 0. The molecule has 9 aromatic carbocycles. The Balaban J connectivity index is 1.19. The number of hydrogen-bond donors (Lipinski definition) is 0. The zero-order chi connectivity index (χ0) is 35.8. The third-order valence-corrected chi connectivity index (χ3v) is 11.7. The molecule has 0 bridgehead atoms. The molecule has 1 aromatic heterocycles. The van der Waals surface area contributed by atoms with Crippen LogP contribution in [0.1, 0.15) is 23.6 Å². The van der Waals surface area contributed by atoms with Crippen molar-refractivity contribution in [1.29, 1.82) is 0 Å². The first-order valence-electron chi connectivity index (χ1n) is 18.7. The monoisotopic (exact) mass is 689 g/mol. The molecule has 0 spiro atoms. The molecule has 10 aromatic rings. The van der Waals surface area contributed by atoms with Crippen molar-refractivity contribution in [2.24, 2.45) is 0 Å². The van der Waals surface area contributed by atoms with E-state index in [4.69, 9.17) is 4.42 Å². The Hall–Kier alpha value is -6.90. The van der Waals surface area contributed by atoms with Gasteiger partial charge >= 0.3 is 0 Å². The van der Waals surface area contributed by atoms with Crippen molar-refractivity contribution >= 4 is 60.5 Å². The fourth-order valence-electron chi connectivity index (χ4n) is 9.18. The van der Waals surface area contributed by atoms with E-state index in [1.54, 1.807) is 0 Å². The van der Waals surface area contributed by atoms with Crippen LogP contribution in [0.15, 0.2) is 199 Å². The van der Waals surface area contributed by atoms with E-state index in [1.807, 2.05) is 0 Å². The molecule has 0 saturated carbocycles. The molecule has 2 nitrogen and oxygen atoms in total. The summed E-state index contributed by atoms with van der Waals surface area (Å²) < 4.78 is 7.30. The Morgan fingerprint density at radius 1 is 0.389 bits per heavy atom. The minimum absolute atomic E-state index is 0.387. The van der Waals surface area contributed by atoms with Gasteiger partial charge in [0, 0.05) is 32.8 Å². The number of para-hydroxylation sites is 2. The Labute approximate surface area is 314 Å². The van der Waals surface area contributed by atoms with Crippen molar-refractivity contribution in [2.45, 2.75) is 12.3 Å². The fraction of sp³-hybridized carbons (Fsp3) is 0.0385. The molecule has 254 valence electrons. The first-order valence-corrected chi connectivity index (χ1v) is 18.7. The van der Waals surface area contributed by atoms with Gasteiger partial charge in [-0.1, -0.05) is 170 Å². The average molecular weight is 690 g/mol. The smallest absolute Gasteiger partial charge is 0.159 e. The number of furan rings is 1. The summed E-state index contributed by atoms with van der Waals surface area (Å²) in [6.45, 7) is 2.36. The van der Waals surface area contributed by atoms with E-state index in [9.17, 15) is 0 Å². The van der Waals surface area contributed by atoms with Gasteiger partial charge in [0.2, 0.25) is 0 Å². The van der Waals surface area contributed by atoms with Gasteiger partial charge in [-0.05, 0) is 80.7 Å². The lowest BCUT2D eigenvalue weighted by molar-refractivity contribution is 0.638. The van der Waals surface area contributed by atoms with Crippen LogP contribution in [-0.4, -0.2) is 0 Å². The lowest BCUT2D eigenvalue weighted by Crippen LogP contribution is -2.22. The van der Waals surface area contributed by atoms with Gasteiger partial charge in [-0.15, -0.1) is 0 Å². The zero-order valence-electron chi connectivity index (χ0n) is 29.8. The lowest BCUT2D eigenvalue weighted by atomic mass is 9.74. The van der Waals surface area contributed by atoms with E-state index in [0.717, 1.165) is 39.0 Å². The predicted molar refractivity (Wildman–Crippen MR) is 226 cm³/mol. The molecule has 0 saturated heterocycles. The van der Waals surface area contributed by atoms with Gasteiger partial charge < -0.3 is 9.32 Å². The highest BCUT2D eigenvalue weighted by Crippen LogP contribution is 2.55. The third kappa shape index (κ3) is 4.41. The summed E-state index contributed by atoms with van der Waals surface area (Å²) in [4.78, 5) is 2.40. The summed E-state index contributed by atoms with van der Waals surface area (Å²) in [6.07, 6.45) is 0. The standard InChI is InChI=1S/C52H35NO/c1-52(45-25-11-9-20-40(45)41-21-10-12-26-46(41)52)47-27-13-23-43-44-24-14-28-48(51(44)54-50(43)47)53(37-31-29-35(30-32-37)34-15-3-2-4-16-34)49-33-36-17-5-6-18-38(36)39-19-7-8-22-42(39)49/h2-33H,1H3. The molecule has 1 aliphatic carbocycles. The normalized spacial score (nSPS) is 13.1. The van der Waals surface area contributed by atoms with Crippen LogP contribution in [0.2, 0.25) is 0 Å². The molecule has 1 heterocycles. The fourth-order valence-corrected chi connectivity index (χ4v) is 9.18. The van der Waals surface area contributed by atoms with Gasteiger partial charge in [0.1, 0.15) is 5.58 Å². The average Bonchev–Trinajstić information content (AvgIpc) is 3.76. The van der Waals surface area contributed by atoms with Crippen molar-refractivity contribution in [1.82, 2.24) is 0 Å². The first-order chi connectivity index (χ1) is 26.7. The quantitative estimate of drug-likeness (QED) is 0.167. The molecular weight excluding hydrogens is 655 g/mol.